The lowest BCUT2D eigenvalue weighted by Crippen LogP contribution is -2.34. The fraction of sp³-hybridized carbons (Fsp3) is 0.263. The molecule has 0 saturated heterocycles. The predicted molar refractivity (Wildman–Crippen MR) is 113 cm³/mol. The maximum atomic E-state index is 12.1. The van der Waals surface area contributed by atoms with Gasteiger partial charge < -0.3 is 0 Å². The Hall–Kier alpha value is -2.32. The van der Waals surface area contributed by atoms with E-state index < -0.39 is 10.0 Å². The third-order valence-corrected chi connectivity index (χ3v) is 6.69. The molecule has 0 saturated carbocycles. The maximum Gasteiger partial charge on any atom is 0.232 e. The third kappa shape index (κ3) is 3.72. The van der Waals surface area contributed by atoms with Crippen LogP contribution in [0.15, 0.2) is 58.6 Å². The van der Waals surface area contributed by atoms with Gasteiger partial charge in [-0.05, 0) is 48.7 Å². The van der Waals surface area contributed by atoms with Crippen molar-refractivity contribution in [3.8, 4) is 0 Å². The van der Waals surface area contributed by atoms with E-state index in [-0.39, 0.29) is 6.04 Å². The first-order chi connectivity index (χ1) is 12.9. The number of amidine groups is 1. The van der Waals surface area contributed by atoms with Crippen LogP contribution in [0, 0.1) is 0 Å². The molecule has 1 atom stereocenters. The second-order valence-corrected chi connectivity index (χ2v) is 9.49. The summed E-state index contributed by atoms with van der Waals surface area (Å²) in [6, 6.07) is 15.6. The Morgan fingerprint density at radius 3 is 2.67 bits per heavy atom. The van der Waals surface area contributed by atoms with Crippen LogP contribution in [0.2, 0.25) is 0 Å². The Balaban J connectivity index is 1.56. The molecule has 0 unspecified atom stereocenters. The highest BCUT2D eigenvalue weighted by Crippen LogP contribution is 2.35. The number of sulfonamides is 1. The summed E-state index contributed by atoms with van der Waals surface area (Å²) in [7, 11) is -3.27. The lowest BCUT2D eigenvalue weighted by molar-refractivity contribution is 0.590. The van der Waals surface area contributed by atoms with Crippen molar-refractivity contribution in [3.63, 3.8) is 0 Å². The van der Waals surface area contributed by atoms with E-state index in [4.69, 9.17) is 0 Å². The quantitative estimate of drug-likeness (QED) is 0.859. The van der Waals surface area contributed by atoms with Crippen LogP contribution in [0.25, 0.3) is 0 Å². The highest BCUT2D eigenvalue weighted by molar-refractivity contribution is 8.14. The van der Waals surface area contributed by atoms with Gasteiger partial charge in [-0.3, -0.25) is 9.73 Å². The first kappa shape index (κ1) is 18.1. The minimum atomic E-state index is -3.27. The molecule has 0 radical (unpaired) electrons. The van der Waals surface area contributed by atoms with Crippen LogP contribution < -0.4 is 9.73 Å². The summed E-state index contributed by atoms with van der Waals surface area (Å²) in [5, 5.41) is 5.24. The largest absolute Gasteiger partial charge is 0.267 e. The maximum absolute atomic E-state index is 12.1. The van der Waals surface area contributed by atoms with E-state index >= 15 is 0 Å². The highest BCUT2D eigenvalue weighted by atomic mass is 32.2. The fourth-order valence-corrected chi connectivity index (χ4v) is 5.48. The Bertz CT molecular complexity index is 1030. The van der Waals surface area contributed by atoms with Crippen LogP contribution in [0.1, 0.15) is 18.1 Å². The molecule has 0 bridgehead atoms. The normalized spacial score (nSPS) is 21.0. The highest BCUT2D eigenvalue weighted by Gasteiger charge is 2.32. The van der Waals surface area contributed by atoms with Crippen molar-refractivity contribution in [2.24, 2.45) is 10.1 Å². The molecule has 140 valence electrons. The number of benzene rings is 2. The number of anilines is 1. The molecule has 0 amide bonds. The summed E-state index contributed by atoms with van der Waals surface area (Å²) >= 11 is 1.60. The molecule has 6 nitrogen and oxygen atoms in total. The molecule has 2 aliphatic rings. The number of aliphatic imine (C=N–C) groups is 1. The van der Waals surface area contributed by atoms with Crippen molar-refractivity contribution in [2.75, 3.05) is 16.3 Å². The van der Waals surface area contributed by atoms with E-state index in [1.54, 1.807) is 11.8 Å². The van der Waals surface area contributed by atoms with E-state index in [9.17, 15) is 8.42 Å². The average molecular weight is 401 g/mol. The molecule has 27 heavy (non-hydrogen) atoms. The van der Waals surface area contributed by atoms with Crippen LogP contribution in [-0.2, 0) is 16.4 Å². The molecule has 2 aromatic rings. The fourth-order valence-electron chi connectivity index (χ4n) is 3.43. The van der Waals surface area contributed by atoms with Gasteiger partial charge in [0.15, 0.2) is 5.17 Å². The van der Waals surface area contributed by atoms with Gasteiger partial charge in [-0.2, -0.15) is 5.10 Å². The van der Waals surface area contributed by atoms with E-state index in [2.05, 4.69) is 21.6 Å². The number of thioether (sulfide) groups is 1. The van der Waals surface area contributed by atoms with Crippen molar-refractivity contribution in [1.82, 2.24) is 5.43 Å². The number of nitrogens with one attached hydrogen (secondary N) is 1. The van der Waals surface area contributed by atoms with E-state index in [0.29, 0.717) is 12.2 Å². The number of rotatable bonds is 3. The number of para-hydroxylation sites is 1. The minimum absolute atomic E-state index is 0.0596. The zero-order valence-electron chi connectivity index (χ0n) is 15.1. The molecule has 2 aromatic carbocycles. The zero-order chi connectivity index (χ0) is 19.0. The average Bonchev–Trinajstić information content (AvgIpc) is 2.98. The van der Waals surface area contributed by atoms with Gasteiger partial charge in [-0.25, -0.2) is 13.4 Å². The summed E-state index contributed by atoms with van der Waals surface area (Å²) in [4.78, 5) is 4.54. The van der Waals surface area contributed by atoms with E-state index in [1.165, 1.54) is 10.6 Å². The Labute approximate surface area is 163 Å². The van der Waals surface area contributed by atoms with Gasteiger partial charge in [0, 0.05) is 11.8 Å². The molecule has 2 aliphatic heterocycles. The summed E-state index contributed by atoms with van der Waals surface area (Å²) in [6.45, 7) is 1.93. The van der Waals surface area contributed by atoms with Crippen molar-refractivity contribution < 1.29 is 8.42 Å². The molecule has 1 N–H and O–H groups in total. The number of fused-ring (bicyclic) bond motifs is 1. The molecule has 0 spiro atoms. The van der Waals surface area contributed by atoms with Gasteiger partial charge in [-0.15, -0.1) is 0 Å². The van der Waals surface area contributed by atoms with Crippen LogP contribution in [-0.4, -0.2) is 37.3 Å². The monoisotopic (exact) mass is 400 g/mol. The number of hydrazone groups is 1. The lowest BCUT2D eigenvalue weighted by atomic mass is 10.0. The number of nitrogens with zero attached hydrogens (tertiary/aromatic N) is 3. The zero-order valence-corrected chi connectivity index (χ0v) is 16.7. The summed E-state index contributed by atoms with van der Waals surface area (Å²) in [5.74, 6) is 0.711. The third-order valence-electron chi connectivity index (χ3n) is 4.54. The van der Waals surface area contributed by atoms with E-state index in [0.717, 1.165) is 33.4 Å². The Morgan fingerprint density at radius 1 is 1.22 bits per heavy atom. The van der Waals surface area contributed by atoms with Crippen molar-refractivity contribution in [2.45, 2.75) is 19.4 Å². The second kappa shape index (κ2) is 7.01. The van der Waals surface area contributed by atoms with Gasteiger partial charge in [0.2, 0.25) is 10.0 Å². The van der Waals surface area contributed by atoms with E-state index in [1.807, 2.05) is 49.4 Å². The van der Waals surface area contributed by atoms with Crippen molar-refractivity contribution in [1.29, 1.82) is 0 Å². The second-order valence-electron chi connectivity index (χ2n) is 6.67. The smallest absolute Gasteiger partial charge is 0.232 e. The summed E-state index contributed by atoms with van der Waals surface area (Å²) in [5.41, 5.74) is 7.67. The van der Waals surface area contributed by atoms with Gasteiger partial charge in [0.1, 0.15) is 0 Å². The van der Waals surface area contributed by atoms with Crippen LogP contribution >= 0.6 is 11.8 Å². The van der Waals surface area contributed by atoms with Gasteiger partial charge in [-0.1, -0.05) is 36.0 Å². The standard InChI is InChI=1S/C19H20N4O2S2/c1-13-10-15-11-14(8-9-18(15)23(13)27(2,24)25)17-12-26-19(22-21-17)20-16-6-4-3-5-7-16/h3-9,11,13H,10,12H2,1-2H3,(H,20,22)/t13-/m0/s1. The topological polar surface area (TPSA) is 74.1 Å². The SMILES string of the molecule is C[C@H]1Cc2cc(C3=NNC(=Nc4ccccc4)SC3)ccc2N1S(C)(=O)=O. The first-order valence-electron chi connectivity index (χ1n) is 8.63. The molecular formula is C19H20N4O2S2. The van der Waals surface area contributed by atoms with Crippen LogP contribution in [0.5, 0.6) is 0 Å². The number of hydrogen-bond donors (Lipinski definition) is 1. The molecule has 4 rings (SSSR count). The molecular weight excluding hydrogens is 380 g/mol. The Kier molecular flexibility index (Phi) is 4.69. The molecule has 2 heterocycles. The van der Waals surface area contributed by atoms with Crippen molar-refractivity contribution >= 4 is 44.0 Å². The molecule has 0 aliphatic carbocycles. The van der Waals surface area contributed by atoms with Crippen LogP contribution in [0.3, 0.4) is 0 Å². The van der Waals surface area contributed by atoms with Crippen LogP contribution in [0.4, 0.5) is 11.4 Å². The lowest BCUT2D eigenvalue weighted by Gasteiger charge is -2.22. The molecule has 0 fully saturated rings. The summed E-state index contributed by atoms with van der Waals surface area (Å²) in [6.07, 6.45) is 1.97. The first-order valence-corrected chi connectivity index (χ1v) is 11.5. The molecule has 8 heteroatoms. The Morgan fingerprint density at radius 2 is 2.00 bits per heavy atom. The molecule has 0 aromatic heterocycles. The summed E-state index contributed by atoms with van der Waals surface area (Å²) < 4.78 is 25.6. The van der Waals surface area contributed by atoms with Gasteiger partial charge in [0.05, 0.1) is 23.3 Å². The van der Waals surface area contributed by atoms with Gasteiger partial charge >= 0.3 is 0 Å². The predicted octanol–water partition coefficient (Wildman–Crippen LogP) is 3.13. The number of hydrogen-bond acceptors (Lipinski definition) is 5. The van der Waals surface area contributed by atoms with Crippen molar-refractivity contribution in [3.05, 3.63) is 59.7 Å². The minimum Gasteiger partial charge on any atom is -0.267 e. The van der Waals surface area contributed by atoms with Gasteiger partial charge in [0.25, 0.3) is 0 Å².